The molecular formula is C8H11Cl2NO3S2. The molecule has 1 N–H and O–H groups in total. The third-order valence-corrected chi connectivity index (χ3v) is 5.67. The van der Waals surface area contributed by atoms with Crippen LogP contribution in [0.4, 0.5) is 0 Å². The van der Waals surface area contributed by atoms with Gasteiger partial charge in [0, 0.05) is 13.1 Å². The summed E-state index contributed by atoms with van der Waals surface area (Å²) in [6.07, 6.45) is 0. The maximum absolute atomic E-state index is 12.1. The van der Waals surface area contributed by atoms with Crippen molar-refractivity contribution in [2.45, 2.75) is 11.8 Å². The zero-order valence-corrected chi connectivity index (χ0v) is 11.6. The summed E-state index contributed by atoms with van der Waals surface area (Å²) in [6, 6.07) is 1.32. The first-order valence-electron chi connectivity index (χ1n) is 4.49. The van der Waals surface area contributed by atoms with Gasteiger partial charge in [-0.05, 0) is 6.07 Å². The number of halogens is 2. The second-order valence-corrected chi connectivity index (χ2v) is 7.10. The Kier molecular flexibility index (Phi) is 5.03. The van der Waals surface area contributed by atoms with Crippen molar-refractivity contribution in [3.63, 3.8) is 0 Å². The molecule has 0 aliphatic heterocycles. The van der Waals surface area contributed by atoms with Crippen LogP contribution >= 0.6 is 34.5 Å². The number of thiophene rings is 1. The number of aliphatic hydroxyl groups excluding tert-OH is 1. The Morgan fingerprint density at radius 3 is 2.50 bits per heavy atom. The Hall–Kier alpha value is 0.150. The van der Waals surface area contributed by atoms with Crippen LogP contribution in [0.1, 0.15) is 6.92 Å². The summed E-state index contributed by atoms with van der Waals surface area (Å²) in [7, 11) is -3.66. The predicted octanol–water partition coefficient (Wildman–Crippen LogP) is 2.06. The maximum atomic E-state index is 12.1. The first-order chi connectivity index (χ1) is 7.43. The van der Waals surface area contributed by atoms with E-state index in [2.05, 4.69) is 0 Å². The number of aliphatic hydroxyl groups is 1. The highest BCUT2D eigenvalue weighted by Crippen LogP contribution is 2.35. The molecule has 16 heavy (non-hydrogen) atoms. The number of nitrogens with zero attached hydrogens (tertiary/aromatic N) is 1. The highest BCUT2D eigenvalue weighted by molar-refractivity contribution is 7.89. The van der Waals surface area contributed by atoms with E-state index in [9.17, 15) is 8.42 Å². The molecule has 1 heterocycles. The minimum atomic E-state index is -3.66. The van der Waals surface area contributed by atoms with Crippen LogP contribution in [0, 0.1) is 0 Å². The summed E-state index contributed by atoms with van der Waals surface area (Å²) in [5, 5.41) is 8.79. The van der Waals surface area contributed by atoms with Crippen LogP contribution in [0.15, 0.2) is 11.0 Å². The molecule has 1 aromatic rings. The lowest BCUT2D eigenvalue weighted by molar-refractivity contribution is 0.257. The fourth-order valence-electron chi connectivity index (χ4n) is 1.20. The molecule has 0 aromatic carbocycles. The Morgan fingerprint density at radius 1 is 1.50 bits per heavy atom. The van der Waals surface area contributed by atoms with Crippen molar-refractivity contribution in [3.05, 3.63) is 14.7 Å². The third-order valence-electron chi connectivity index (χ3n) is 1.95. The summed E-state index contributed by atoms with van der Waals surface area (Å²) in [5.41, 5.74) is 0. The molecule has 0 bridgehead atoms. The smallest absolute Gasteiger partial charge is 0.245 e. The van der Waals surface area contributed by atoms with E-state index < -0.39 is 10.0 Å². The molecule has 0 aliphatic carbocycles. The molecule has 0 saturated carbocycles. The van der Waals surface area contributed by atoms with Crippen molar-refractivity contribution >= 4 is 44.6 Å². The van der Waals surface area contributed by atoms with Gasteiger partial charge in [0.05, 0.1) is 10.9 Å². The molecule has 0 fully saturated rings. The van der Waals surface area contributed by atoms with Crippen molar-refractivity contribution in [2.75, 3.05) is 19.7 Å². The fourth-order valence-corrected chi connectivity index (χ4v) is 4.75. The van der Waals surface area contributed by atoms with E-state index in [1.54, 1.807) is 6.92 Å². The first-order valence-corrected chi connectivity index (χ1v) is 7.50. The summed E-state index contributed by atoms with van der Waals surface area (Å²) in [6.45, 7) is 1.77. The van der Waals surface area contributed by atoms with Gasteiger partial charge in [-0.2, -0.15) is 4.31 Å². The third kappa shape index (κ3) is 2.88. The molecule has 0 aliphatic rings. The molecular weight excluding hydrogens is 293 g/mol. The van der Waals surface area contributed by atoms with Crippen molar-refractivity contribution < 1.29 is 13.5 Å². The lowest BCUT2D eigenvalue weighted by Crippen LogP contribution is -2.33. The van der Waals surface area contributed by atoms with Gasteiger partial charge in [-0.15, -0.1) is 11.3 Å². The van der Waals surface area contributed by atoms with Gasteiger partial charge in [-0.3, -0.25) is 0 Å². The van der Waals surface area contributed by atoms with Crippen LogP contribution in [0.3, 0.4) is 0 Å². The first kappa shape index (κ1) is 14.2. The van der Waals surface area contributed by atoms with Gasteiger partial charge in [0.1, 0.15) is 9.23 Å². The second-order valence-electron chi connectivity index (χ2n) is 2.91. The van der Waals surface area contributed by atoms with Crippen LogP contribution in [0.2, 0.25) is 8.67 Å². The van der Waals surface area contributed by atoms with Gasteiger partial charge in [0.15, 0.2) is 0 Å². The van der Waals surface area contributed by atoms with Gasteiger partial charge >= 0.3 is 0 Å². The second kappa shape index (κ2) is 5.66. The molecule has 8 heteroatoms. The maximum Gasteiger partial charge on any atom is 0.245 e. The molecule has 0 atom stereocenters. The molecule has 1 aromatic heterocycles. The van der Waals surface area contributed by atoms with E-state index in [1.165, 1.54) is 6.07 Å². The van der Waals surface area contributed by atoms with Gasteiger partial charge in [0.25, 0.3) is 0 Å². The minimum Gasteiger partial charge on any atom is -0.395 e. The predicted molar refractivity (Wildman–Crippen MR) is 65.9 cm³/mol. The number of hydrogen-bond donors (Lipinski definition) is 1. The molecule has 4 nitrogen and oxygen atoms in total. The largest absolute Gasteiger partial charge is 0.395 e. The Morgan fingerprint density at radius 2 is 2.12 bits per heavy atom. The van der Waals surface area contributed by atoms with Crippen molar-refractivity contribution in [1.29, 1.82) is 0 Å². The number of sulfonamides is 1. The molecule has 1 rings (SSSR count). The molecule has 0 spiro atoms. The van der Waals surface area contributed by atoms with Crippen LogP contribution in [-0.4, -0.2) is 37.5 Å². The van der Waals surface area contributed by atoms with Gasteiger partial charge in [-0.25, -0.2) is 8.42 Å². The molecule has 0 radical (unpaired) electrons. The lowest BCUT2D eigenvalue weighted by Gasteiger charge is -2.18. The monoisotopic (exact) mass is 303 g/mol. The summed E-state index contributed by atoms with van der Waals surface area (Å²) >= 11 is 12.5. The van der Waals surface area contributed by atoms with Gasteiger partial charge in [0.2, 0.25) is 10.0 Å². The lowest BCUT2D eigenvalue weighted by atomic mass is 10.6. The van der Waals surface area contributed by atoms with Crippen molar-refractivity contribution in [1.82, 2.24) is 4.31 Å². The van der Waals surface area contributed by atoms with Crippen LogP contribution in [0.5, 0.6) is 0 Å². The fraction of sp³-hybridized carbons (Fsp3) is 0.500. The van der Waals surface area contributed by atoms with Gasteiger partial charge in [-0.1, -0.05) is 30.1 Å². The van der Waals surface area contributed by atoms with Crippen LogP contribution in [0.25, 0.3) is 0 Å². The minimum absolute atomic E-state index is 0.000494. The Balaban J connectivity index is 3.14. The van der Waals surface area contributed by atoms with Crippen LogP contribution in [-0.2, 0) is 10.0 Å². The number of likely N-dealkylation sites (N-methyl/N-ethyl adjacent to an activating group) is 1. The van der Waals surface area contributed by atoms with Crippen molar-refractivity contribution in [3.8, 4) is 0 Å². The SMILES string of the molecule is CCN(CCO)S(=O)(=O)c1cc(Cl)sc1Cl. The average molecular weight is 304 g/mol. The number of hydrogen-bond acceptors (Lipinski definition) is 4. The molecule has 0 amide bonds. The molecule has 0 saturated heterocycles. The Labute approximate surface area is 108 Å². The normalized spacial score (nSPS) is 12.3. The van der Waals surface area contributed by atoms with E-state index >= 15 is 0 Å². The summed E-state index contributed by atoms with van der Waals surface area (Å²) in [4.78, 5) is -0.000494. The zero-order valence-electron chi connectivity index (χ0n) is 8.48. The van der Waals surface area contributed by atoms with Crippen LogP contribution < -0.4 is 0 Å². The van der Waals surface area contributed by atoms with Gasteiger partial charge < -0.3 is 5.11 Å². The van der Waals surface area contributed by atoms with E-state index in [4.69, 9.17) is 28.3 Å². The van der Waals surface area contributed by atoms with Crippen molar-refractivity contribution in [2.24, 2.45) is 0 Å². The summed E-state index contributed by atoms with van der Waals surface area (Å²) in [5.74, 6) is 0. The van der Waals surface area contributed by atoms with E-state index in [1.807, 2.05) is 0 Å². The highest BCUT2D eigenvalue weighted by atomic mass is 35.5. The molecule has 0 unspecified atom stereocenters. The Bertz CT molecular complexity index is 458. The van der Waals surface area contributed by atoms with E-state index in [-0.39, 0.29) is 28.9 Å². The standard InChI is InChI=1S/C8H11Cl2NO3S2/c1-2-11(3-4-12)16(13,14)6-5-7(9)15-8(6)10/h5,12H,2-4H2,1H3. The van der Waals surface area contributed by atoms with E-state index in [0.29, 0.717) is 4.34 Å². The van der Waals surface area contributed by atoms with E-state index in [0.717, 1.165) is 15.6 Å². The quantitative estimate of drug-likeness (QED) is 0.906. The average Bonchev–Trinajstić information content (AvgIpc) is 2.54. The zero-order chi connectivity index (χ0) is 12.3. The highest BCUT2D eigenvalue weighted by Gasteiger charge is 2.26. The molecule has 92 valence electrons. The number of rotatable bonds is 5. The topological polar surface area (TPSA) is 57.6 Å². The summed E-state index contributed by atoms with van der Waals surface area (Å²) < 4.78 is 25.7.